The maximum atomic E-state index is 14.7. The van der Waals surface area contributed by atoms with E-state index < -0.39 is 191 Å². The first-order chi connectivity index (χ1) is 39.5. The molecule has 28 nitrogen and oxygen atoms in total. The number of aliphatic hydroxyl groups is 7. The second-order valence-corrected chi connectivity index (χ2v) is 28.3. The molecule has 0 unspecified atom stereocenters. The van der Waals surface area contributed by atoms with Gasteiger partial charge in [-0.2, -0.15) is 16.8 Å². The minimum absolute atomic E-state index is 0.0239. The fourth-order valence-electron chi connectivity index (χ4n) is 16.4. The number of fused-ring (bicyclic) bond motifs is 4. The molecule has 30 heteroatoms. The van der Waals surface area contributed by atoms with Gasteiger partial charge in [0, 0.05) is 19.4 Å². The van der Waals surface area contributed by atoms with Crippen molar-refractivity contribution in [2.45, 2.75) is 242 Å². The minimum atomic E-state index is -5.19. The predicted molar refractivity (Wildman–Crippen MR) is 286 cm³/mol. The summed E-state index contributed by atoms with van der Waals surface area (Å²) >= 11 is 0. The number of hydrogen-bond donors (Lipinski definition) is 9. The summed E-state index contributed by atoms with van der Waals surface area (Å²) in [5.74, 6) is -1.05. The molecule has 0 aromatic heterocycles. The molecule has 27 atom stereocenters. The van der Waals surface area contributed by atoms with Crippen molar-refractivity contribution in [3.8, 4) is 0 Å². The smallest absolute Gasteiger partial charge is 0.397 e. The van der Waals surface area contributed by atoms with E-state index in [1.165, 1.54) is 19.4 Å². The normalized spacial score (nSPS) is 48.0. The number of cyclic esters (lactones) is 1. The third kappa shape index (κ3) is 12.4. The summed E-state index contributed by atoms with van der Waals surface area (Å²) in [6.45, 7) is 15.2. The van der Waals surface area contributed by atoms with Gasteiger partial charge in [0.2, 0.25) is 0 Å². The Morgan fingerprint density at radius 2 is 1.38 bits per heavy atom. The molecule has 5 heterocycles. The molecule has 3 saturated carbocycles. The number of methoxy groups -OCH3 is 1. The van der Waals surface area contributed by atoms with Gasteiger partial charge in [-0.25, -0.2) is 8.37 Å². The van der Waals surface area contributed by atoms with Gasteiger partial charge in [-0.3, -0.25) is 18.7 Å². The Balaban J connectivity index is 0.899. The Morgan fingerprint density at radius 3 is 2.02 bits per heavy atom. The fraction of sp³-hybridized carbons (Fsp3) is 0.891. The van der Waals surface area contributed by atoms with Crippen LogP contribution in [0.5, 0.6) is 0 Å². The van der Waals surface area contributed by atoms with Gasteiger partial charge in [0.05, 0.1) is 43.4 Å². The Bertz CT molecular complexity index is 2730. The van der Waals surface area contributed by atoms with Crippen LogP contribution in [0.15, 0.2) is 23.3 Å². The van der Waals surface area contributed by atoms with Gasteiger partial charge >= 0.3 is 32.7 Å². The number of hydrogen-bond acceptors (Lipinski definition) is 26. The van der Waals surface area contributed by atoms with Crippen molar-refractivity contribution in [2.24, 2.45) is 39.4 Å². The van der Waals surface area contributed by atoms with E-state index in [4.69, 9.17) is 60.8 Å². The summed E-state index contributed by atoms with van der Waals surface area (Å²) in [5, 5.41) is 79.1. The van der Waals surface area contributed by atoms with Crippen LogP contribution in [0.25, 0.3) is 0 Å². The highest BCUT2D eigenvalue weighted by Crippen LogP contribution is 2.77. The molecule has 0 aromatic rings. The molecule has 5 aliphatic heterocycles. The van der Waals surface area contributed by atoms with Crippen molar-refractivity contribution in [1.29, 1.82) is 0 Å². The van der Waals surface area contributed by atoms with Crippen LogP contribution < -0.4 is 0 Å². The zero-order chi connectivity index (χ0) is 62.5. The van der Waals surface area contributed by atoms with E-state index in [9.17, 15) is 66.7 Å². The zero-order valence-electron chi connectivity index (χ0n) is 49.3. The summed E-state index contributed by atoms with van der Waals surface area (Å²) in [5.41, 5.74) is -1.15. The molecule has 0 bridgehead atoms. The van der Waals surface area contributed by atoms with Crippen molar-refractivity contribution in [2.75, 3.05) is 26.9 Å². The standard InChI is InChI=1S/C55H86O28S2/c1-24(2)12-11-17-54(9)45-30(76-26(4)56)20-53(8)28-13-14-33-51(5,6)34(16-18-52(33,7)27(28)15-19-55(45,53)50(64)82-54)78-49-44(36(59)32(22-73-49)83-85(68,69)70)81-47-38(61)37(60)41(25(3)75-47)79-46-39(62)42(29(57)21-72-46)80-48-40(63)43(71-10)35(58)31(77-48)23-74-84(65,66)67/h12-13,25,27,29-49,57-63H,11,14-23H2,1-10H3,(H,65,66,67)(H,68,69,70)/t25-,27+,29-,30+,31-,32-,33+,34+,35-,36+,37-,38-,39-,40-,41-,42+,43+,44-,45-,46+,47+,48+,49+,52-,53+,54+,55-/m1/s1. The fourth-order valence-corrected chi connectivity index (χ4v) is 17.2. The molecule has 9 N–H and O–H groups in total. The maximum Gasteiger partial charge on any atom is 0.397 e. The number of allylic oxidation sites excluding steroid dienone is 4. The lowest BCUT2D eigenvalue weighted by atomic mass is 9.41. The number of ether oxygens (including phenoxy) is 11. The van der Waals surface area contributed by atoms with Crippen molar-refractivity contribution in [1.82, 2.24) is 0 Å². The van der Waals surface area contributed by atoms with Gasteiger partial charge in [-0.1, -0.05) is 51.0 Å². The molecular formula is C55H86O28S2. The van der Waals surface area contributed by atoms with E-state index in [2.05, 4.69) is 44.0 Å². The van der Waals surface area contributed by atoms with Crippen LogP contribution in [0.3, 0.4) is 0 Å². The van der Waals surface area contributed by atoms with Crippen molar-refractivity contribution in [3.05, 3.63) is 23.3 Å². The van der Waals surface area contributed by atoms with E-state index in [1.54, 1.807) is 0 Å². The number of esters is 2. The summed E-state index contributed by atoms with van der Waals surface area (Å²) < 4.78 is 140. The molecule has 9 aliphatic rings. The van der Waals surface area contributed by atoms with E-state index in [-0.39, 0.29) is 29.1 Å². The molecule has 85 heavy (non-hydrogen) atoms. The second-order valence-electron chi connectivity index (χ2n) is 26.1. The second kappa shape index (κ2) is 24.6. The topological polar surface area (TPSA) is 404 Å². The van der Waals surface area contributed by atoms with Crippen molar-refractivity contribution >= 4 is 32.7 Å². The quantitative estimate of drug-likeness (QED) is 0.0511. The molecule has 486 valence electrons. The Morgan fingerprint density at radius 1 is 0.729 bits per heavy atom. The number of carbonyl (C=O) groups excluding carboxylic acids is 2. The van der Waals surface area contributed by atoms with Gasteiger partial charge in [0.1, 0.15) is 91.1 Å². The predicted octanol–water partition coefficient (Wildman–Crippen LogP) is 0.447. The van der Waals surface area contributed by atoms with Crippen molar-refractivity contribution in [3.63, 3.8) is 0 Å². The number of carbonyl (C=O) groups is 2. The maximum absolute atomic E-state index is 14.7. The number of rotatable bonds is 18. The van der Waals surface area contributed by atoms with Crippen LogP contribution in [0.4, 0.5) is 0 Å². The molecule has 4 aliphatic carbocycles. The minimum Gasteiger partial charge on any atom is -0.462 e. The van der Waals surface area contributed by atoms with Crippen LogP contribution in [0.2, 0.25) is 0 Å². The van der Waals surface area contributed by atoms with Gasteiger partial charge in [-0.05, 0) is 102 Å². The SMILES string of the molecule is CO[C@@H]1[C@@H](O)[C@H](O[C@@H]2[C@@H](O)[C@H](O[C@H]3[C@H](O)[C@@H](O)[C@H](O[C@H]4[C@H](O[C@H]5CC[C@]6(C)[C@H]7CC[C@]89C(=O)O[C@@](C)(CCC=C(C)C)[C@H]8[C@@H](OC(C)=O)C[C@@]9(C)C7=CC[C@H]6C5(C)C)OC[C@@H](OS(=O)(=O)O)[C@@H]4O)O[C@@H]3C)OC[C@H]2O)O[C@H](COS(=O)(=O)O)[C@H]1O. The molecule has 0 radical (unpaired) electrons. The highest BCUT2D eigenvalue weighted by molar-refractivity contribution is 7.81. The average molecular weight is 1260 g/mol. The first-order valence-electron chi connectivity index (χ1n) is 29.0. The van der Waals surface area contributed by atoms with Gasteiger partial charge in [0.25, 0.3) is 0 Å². The Hall–Kier alpha value is -2.48. The van der Waals surface area contributed by atoms with Gasteiger partial charge in [0.15, 0.2) is 25.2 Å². The third-order valence-electron chi connectivity index (χ3n) is 20.4. The van der Waals surface area contributed by atoms with E-state index in [0.29, 0.717) is 51.4 Å². The highest BCUT2D eigenvalue weighted by Gasteiger charge is 2.79. The van der Waals surface area contributed by atoms with E-state index in [1.807, 2.05) is 20.8 Å². The lowest BCUT2D eigenvalue weighted by molar-refractivity contribution is -0.382. The van der Waals surface area contributed by atoms with Crippen molar-refractivity contribution < 1.29 is 132 Å². The van der Waals surface area contributed by atoms with E-state index in [0.717, 1.165) is 12.7 Å². The summed E-state index contributed by atoms with van der Waals surface area (Å²) in [7, 11) is -9.10. The lowest BCUT2D eigenvalue weighted by Crippen LogP contribution is -2.65. The average Bonchev–Trinajstić information content (AvgIpc) is 1.53. The summed E-state index contributed by atoms with van der Waals surface area (Å²) in [6, 6.07) is 0. The van der Waals surface area contributed by atoms with Crippen LogP contribution in [-0.2, 0) is 90.9 Å². The molecule has 1 spiro atoms. The monoisotopic (exact) mass is 1260 g/mol. The van der Waals surface area contributed by atoms with Crippen LogP contribution >= 0.6 is 0 Å². The molecule has 8 fully saturated rings. The van der Waals surface area contributed by atoms with Crippen LogP contribution in [-0.4, -0.2) is 229 Å². The van der Waals surface area contributed by atoms with Crippen LogP contribution in [0.1, 0.15) is 114 Å². The molecule has 0 aromatic carbocycles. The third-order valence-corrected chi connectivity index (χ3v) is 21.3. The van der Waals surface area contributed by atoms with Gasteiger partial charge in [-0.15, -0.1) is 0 Å². The highest BCUT2D eigenvalue weighted by atomic mass is 32.3. The Kier molecular flexibility index (Phi) is 19.4. The van der Waals surface area contributed by atoms with E-state index >= 15 is 0 Å². The molecule has 0 amide bonds. The Labute approximate surface area is 494 Å². The summed E-state index contributed by atoms with van der Waals surface area (Å²) in [4.78, 5) is 27.4. The zero-order valence-corrected chi connectivity index (χ0v) is 50.9. The lowest BCUT2D eigenvalue weighted by Gasteiger charge is -2.64. The van der Waals surface area contributed by atoms with Gasteiger partial charge < -0.3 is 87.9 Å². The first-order valence-corrected chi connectivity index (χ1v) is 31.7. The first kappa shape index (κ1) is 66.9. The molecular weight excluding hydrogens is 1170 g/mol. The molecule has 5 saturated heterocycles. The largest absolute Gasteiger partial charge is 0.462 e. The molecule has 9 rings (SSSR count). The summed E-state index contributed by atoms with van der Waals surface area (Å²) in [6.07, 6.45) is -23.3. The number of aliphatic hydroxyl groups excluding tert-OH is 7. The van der Waals surface area contributed by atoms with Crippen LogP contribution in [0, 0.1) is 39.4 Å².